The van der Waals surface area contributed by atoms with E-state index in [1.165, 1.54) is 26.2 Å². The number of hydrogen-bond donors (Lipinski definition) is 0. The highest BCUT2D eigenvalue weighted by molar-refractivity contribution is 7.89. The van der Waals surface area contributed by atoms with E-state index in [2.05, 4.69) is 4.98 Å². The minimum Gasteiger partial charge on any atom is -0.339 e. The van der Waals surface area contributed by atoms with E-state index in [0.29, 0.717) is 29.9 Å². The van der Waals surface area contributed by atoms with Crippen LogP contribution in [0.15, 0.2) is 47.4 Å². The van der Waals surface area contributed by atoms with Crippen molar-refractivity contribution in [1.29, 1.82) is 0 Å². The molecule has 0 saturated heterocycles. The summed E-state index contributed by atoms with van der Waals surface area (Å²) in [6.45, 7) is 4.41. The van der Waals surface area contributed by atoms with Gasteiger partial charge in [-0.05, 0) is 37.6 Å². The van der Waals surface area contributed by atoms with Gasteiger partial charge in [0, 0.05) is 52.7 Å². The van der Waals surface area contributed by atoms with Gasteiger partial charge in [-0.3, -0.25) is 14.9 Å². The predicted octanol–water partition coefficient (Wildman–Crippen LogP) is 3.37. The summed E-state index contributed by atoms with van der Waals surface area (Å²) < 4.78 is 28.1. The van der Waals surface area contributed by atoms with Crippen molar-refractivity contribution in [2.45, 2.75) is 44.2 Å². The van der Waals surface area contributed by atoms with Gasteiger partial charge in [0.1, 0.15) is 5.82 Å². The molecule has 3 aromatic rings. The van der Waals surface area contributed by atoms with E-state index in [4.69, 9.17) is 0 Å². The third kappa shape index (κ3) is 4.95. The van der Waals surface area contributed by atoms with E-state index >= 15 is 0 Å². The number of hydrogen-bond acceptors (Lipinski definition) is 6. The van der Waals surface area contributed by atoms with Crippen LogP contribution in [0.25, 0.3) is 11.0 Å². The molecule has 10 nitrogen and oxygen atoms in total. The second kappa shape index (κ2) is 9.90. The van der Waals surface area contributed by atoms with Gasteiger partial charge in [0.25, 0.3) is 5.69 Å². The van der Waals surface area contributed by atoms with Crippen molar-refractivity contribution < 1.29 is 18.1 Å². The normalized spacial score (nSPS) is 12.8. The second-order valence-corrected chi connectivity index (χ2v) is 10.4. The molecule has 3 rings (SSSR count). The SMILES string of the molecule is CCn1c(CCC(=O)N(C)C(C)c2cccc([N+](=O)[O-])c2)nc2cc(S(=O)(=O)N(C)C)ccc21. The summed E-state index contributed by atoms with van der Waals surface area (Å²) in [6, 6.07) is 10.8. The molecule has 182 valence electrons. The molecule has 0 aliphatic heterocycles. The molecule has 1 heterocycles. The molecule has 11 heteroatoms. The minimum absolute atomic E-state index is 0.0162. The van der Waals surface area contributed by atoms with Gasteiger partial charge in [-0.25, -0.2) is 17.7 Å². The van der Waals surface area contributed by atoms with E-state index in [1.807, 2.05) is 18.4 Å². The highest BCUT2D eigenvalue weighted by Gasteiger charge is 2.22. The summed E-state index contributed by atoms with van der Waals surface area (Å²) in [5.74, 6) is 0.575. The highest BCUT2D eigenvalue weighted by atomic mass is 32.2. The topological polar surface area (TPSA) is 119 Å². The largest absolute Gasteiger partial charge is 0.339 e. The van der Waals surface area contributed by atoms with Gasteiger partial charge >= 0.3 is 0 Å². The number of aromatic nitrogens is 2. The van der Waals surface area contributed by atoms with Crippen molar-refractivity contribution in [2.24, 2.45) is 0 Å². The zero-order valence-electron chi connectivity index (χ0n) is 19.9. The number of aryl methyl sites for hydroxylation is 2. The summed E-state index contributed by atoms with van der Waals surface area (Å²) in [5.41, 5.74) is 2.03. The van der Waals surface area contributed by atoms with E-state index in [1.54, 1.807) is 42.3 Å². The molecule has 0 bridgehead atoms. The molecule has 0 aliphatic rings. The van der Waals surface area contributed by atoms with E-state index in [-0.39, 0.29) is 29.0 Å². The highest BCUT2D eigenvalue weighted by Crippen LogP contribution is 2.25. The number of sulfonamides is 1. The number of carbonyl (C=O) groups is 1. The maximum absolute atomic E-state index is 12.9. The lowest BCUT2D eigenvalue weighted by Crippen LogP contribution is -2.30. The van der Waals surface area contributed by atoms with Gasteiger partial charge in [-0.15, -0.1) is 0 Å². The number of nitro benzene ring substituents is 1. The summed E-state index contributed by atoms with van der Waals surface area (Å²) in [4.78, 5) is 29.9. The molecule has 0 N–H and O–H groups in total. The average molecular weight is 488 g/mol. The maximum atomic E-state index is 12.9. The standard InChI is InChI=1S/C23H29N5O5S/c1-6-27-21-11-10-19(34(32,33)25(3)4)15-20(21)24-22(27)12-13-23(29)26(5)16(2)17-8-7-9-18(14-17)28(30)31/h7-11,14-16H,6,12-13H2,1-5H3. The fraction of sp³-hybridized carbons (Fsp3) is 0.391. The summed E-state index contributed by atoms with van der Waals surface area (Å²) in [6.07, 6.45) is 0.574. The quantitative estimate of drug-likeness (QED) is 0.337. The van der Waals surface area contributed by atoms with E-state index in [9.17, 15) is 23.3 Å². The number of amides is 1. The predicted molar refractivity (Wildman–Crippen MR) is 129 cm³/mol. The third-order valence-corrected chi connectivity index (χ3v) is 7.80. The van der Waals surface area contributed by atoms with Gasteiger partial charge in [-0.2, -0.15) is 0 Å². The number of nitro groups is 1. The summed E-state index contributed by atoms with van der Waals surface area (Å²) >= 11 is 0. The van der Waals surface area contributed by atoms with Crippen LogP contribution < -0.4 is 0 Å². The van der Waals surface area contributed by atoms with Crippen LogP contribution in [-0.4, -0.2) is 59.1 Å². The monoisotopic (exact) mass is 487 g/mol. The molecule has 1 unspecified atom stereocenters. The Kier molecular flexibility index (Phi) is 7.37. The molecule has 1 aromatic heterocycles. The van der Waals surface area contributed by atoms with Crippen LogP contribution in [0.5, 0.6) is 0 Å². The number of benzene rings is 2. The summed E-state index contributed by atoms with van der Waals surface area (Å²) in [7, 11) is 1.05. The first-order valence-corrected chi connectivity index (χ1v) is 12.3. The van der Waals surface area contributed by atoms with Gasteiger partial charge in [0.05, 0.1) is 26.9 Å². The molecule has 0 aliphatic carbocycles. The average Bonchev–Trinajstić information content (AvgIpc) is 3.18. The molecule has 1 amide bonds. The van der Waals surface area contributed by atoms with Crippen LogP contribution >= 0.6 is 0 Å². The number of imidazole rings is 1. The molecule has 2 aromatic carbocycles. The Morgan fingerprint density at radius 3 is 2.50 bits per heavy atom. The first-order valence-electron chi connectivity index (χ1n) is 10.9. The van der Waals surface area contributed by atoms with Crippen molar-refractivity contribution in [3.63, 3.8) is 0 Å². The number of rotatable bonds is 9. The van der Waals surface area contributed by atoms with Crippen molar-refractivity contribution in [3.05, 3.63) is 64.0 Å². The minimum atomic E-state index is -3.58. The van der Waals surface area contributed by atoms with Gasteiger partial charge in [0.15, 0.2) is 0 Å². The Morgan fingerprint density at radius 2 is 1.88 bits per heavy atom. The Labute approximate surface area is 199 Å². The lowest BCUT2D eigenvalue weighted by molar-refractivity contribution is -0.384. The first kappa shape index (κ1) is 25.3. The first-order chi connectivity index (χ1) is 16.0. The van der Waals surface area contributed by atoms with Crippen LogP contribution in [0.2, 0.25) is 0 Å². The van der Waals surface area contributed by atoms with Crippen molar-refractivity contribution in [1.82, 2.24) is 18.8 Å². The van der Waals surface area contributed by atoms with E-state index < -0.39 is 14.9 Å². The molecule has 0 saturated carbocycles. The Balaban J connectivity index is 1.79. The van der Waals surface area contributed by atoms with Crippen LogP contribution in [0.1, 0.15) is 37.7 Å². The molecule has 34 heavy (non-hydrogen) atoms. The molecule has 0 spiro atoms. The molecule has 0 fully saturated rings. The van der Waals surface area contributed by atoms with Crippen molar-refractivity contribution in [2.75, 3.05) is 21.1 Å². The van der Waals surface area contributed by atoms with Crippen LogP contribution in [0, 0.1) is 10.1 Å². The molecule has 1 atom stereocenters. The Bertz CT molecular complexity index is 1330. The van der Waals surface area contributed by atoms with Crippen molar-refractivity contribution in [3.8, 4) is 0 Å². The number of non-ortho nitro benzene ring substituents is 1. The van der Waals surface area contributed by atoms with E-state index in [0.717, 1.165) is 9.82 Å². The van der Waals surface area contributed by atoms with Crippen LogP contribution in [0.4, 0.5) is 5.69 Å². The fourth-order valence-electron chi connectivity index (χ4n) is 3.81. The molecular formula is C23H29N5O5S. The molecular weight excluding hydrogens is 458 g/mol. The Morgan fingerprint density at radius 1 is 1.18 bits per heavy atom. The van der Waals surface area contributed by atoms with Gasteiger partial charge < -0.3 is 9.47 Å². The number of nitrogens with zero attached hydrogens (tertiary/aromatic N) is 5. The maximum Gasteiger partial charge on any atom is 0.269 e. The van der Waals surface area contributed by atoms with Crippen LogP contribution in [0.3, 0.4) is 0 Å². The zero-order valence-corrected chi connectivity index (χ0v) is 20.7. The second-order valence-electron chi connectivity index (χ2n) is 8.24. The smallest absolute Gasteiger partial charge is 0.269 e. The third-order valence-electron chi connectivity index (χ3n) is 5.99. The van der Waals surface area contributed by atoms with Crippen molar-refractivity contribution >= 4 is 32.7 Å². The Hall–Kier alpha value is -3.31. The van der Waals surface area contributed by atoms with Crippen LogP contribution in [-0.2, 0) is 27.8 Å². The fourth-order valence-corrected chi connectivity index (χ4v) is 4.73. The number of carbonyl (C=O) groups excluding carboxylic acids is 1. The zero-order chi connectivity index (χ0) is 25.2. The molecule has 0 radical (unpaired) electrons. The van der Waals surface area contributed by atoms with Gasteiger partial charge in [-0.1, -0.05) is 12.1 Å². The lowest BCUT2D eigenvalue weighted by atomic mass is 10.1. The van der Waals surface area contributed by atoms with Gasteiger partial charge in [0.2, 0.25) is 15.9 Å². The number of fused-ring (bicyclic) bond motifs is 1. The summed E-state index contributed by atoms with van der Waals surface area (Å²) in [5, 5.41) is 11.1. The lowest BCUT2D eigenvalue weighted by Gasteiger charge is -2.25.